The van der Waals surface area contributed by atoms with Crippen molar-refractivity contribution >= 4 is 17.7 Å². The van der Waals surface area contributed by atoms with Crippen molar-refractivity contribution in [2.75, 3.05) is 13.1 Å². The molecule has 1 fully saturated rings. The molecule has 3 amide bonds. The highest BCUT2D eigenvalue weighted by Gasteiger charge is 2.35. The van der Waals surface area contributed by atoms with Crippen LogP contribution in [0.5, 0.6) is 0 Å². The van der Waals surface area contributed by atoms with Crippen molar-refractivity contribution in [3.05, 3.63) is 0 Å². The van der Waals surface area contributed by atoms with Crippen molar-refractivity contribution in [1.29, 1.82) is 0 Å². The molecule has 0 aliphatic carbocycles. The Morgan fingerprint density at radius 3 is 2.67 bits per heavy atom. The Kier molecular flexibility index (Phi) is 5.31. The van der Waals surface area contributed by atoms with Gasteiger partial charge in [-0.1, -0.05) is 27.2 Å². The number of rotatable bonds is 6. The molecule has 5 nitrogen and oxygen atoms in total. The number of carbonyl (C=O) groups excluding carboxylic acids is 3. The van der Waals surface area contributed by atoms with Crippen LogP contribution in [-0.2, 0) is 14.4 Å². The minimum atomic E-state index is -0.235. The Morgan fingerprint density at radius 1 is 1.50 bits per heavy atom. The zero-order valence-electron chi connectivity index (χ0n) is 11.4. The van der Waals surface area contributed by atoms with Gasteiger partial charge in [0.15, 0.2) is 0 Å². The molecule has 1 N–H and O–H groups in total. The highest BCUT2D eigenvalue weighted by atomic mass is 16.2. The second-order valence-corrected chi connectivity index (χ2v) is 5.06. The van der Waals surface area contributed by atoms with Crippen LogP contribution in [0.1, 0.15) is 40.0 Å². The summed E-state index contributed by atoms with van der Waals surface area (Å²) in [7, 11) is 0. The van der Waals surface area contributed by atoms with E-state index in [0.717, 1.165) is 6.42 Å². The van der Waals surface area contributed by atoms with E-state index in [-0.39, 0.29) is 43.0 Å². The van der Waals surface area contributed by atoms with Crippen molar-refractivity contribution in [3.63, 3.8) is 0 Å². The summed E-state index contributed by atoms with van der Waals surface area (Å²) in [5, 5.41) is 2.81. The molecular formula is C13H22N2O3. The van der Waals surface area contributed by atoms with Crippen LogP contribution in [0.15, 0.2) is 0 Å². The van der Waals surface area contributed by atoms with E-state index in [1.165, 1.54) is 4.90 Å². The molecule has 0 aromatic rings. The first-order valence-corrected chi connectivity index (χ1v) is 6.56. The van der Waals surface area contributed by atoms with Crippen molar-refractivity contribution in [2.24, 2.45) is 11.8 Å². The van der Waals surface area contributed by atoms with Gasteiger partial charge in [0.2, 0.25) is 17.7 Å². The summed E-state index contributed by atoms with van der Waals surface area (Å²) in [4.78, 5) is 35.9. The van der Waals surface area contributed by atoms with Gasteiger partial charge in [0, 0.05) is 31.8 Å². The SMILES string of the molecule is CCC(C)CNC(=O)CCN1C(=O)CC(C)C1=O. The van der Waals surface area contributed by atoms with E-state index in [0.29, 0.717) is 12.5 Å². The number of hydrogen-bond acceptors (Lipinski definition) is 3. The van der Waals surface area contributed by atoms with Crippen LogP contribution in [0.25, 0.3) is 0 Å². The third-order valence-corrected chi connectivity index (χ3v) is 3.38. The molecule has 0 bridgehead atoms. The van der Waals surface area contributed by atoms with Crippen LogP contribution >= 0.6 is 0 Å². The second kappa shape index (κ2) is 6.52. The van der Waals surface area contributed by atoms with Gasteiger partial charge in [-0.05, 0) is 5.92 Å². The molecule has 1 aliphatic rings. The molecule has 1 heterocycles. The monoisotopic (exact) mass is 254 g/mol. The molecular weight excluding hydrogens is 232 g/mol. The number of nitrogens with zero attached hydrogens (tertiary/aromatic N) is 1. The van der Waals surface area contributed by atoms with Crippen molar-refractivity contribution in [2.45, 2.75) is 40.0 Å². The van der Waals surface area contributed by atoms with Crippen molar-refractivity contribution in [1.82, 2.24) is 10.2 Å². The van der Waals surface area contributed by atoms with Crippen LogP contribution in [0.2, 0.25) is 0 Å². The molecule has 0 aromatic heterocycles. The van der Waals surface area contributed by atoms with Gasteiger partial charge in [-0.25, -0.2) is 0 Å². The first-order valence-electron chi connectivity index (χ1n) is 6.56. The maximum absolute atomic E-state index is 11.6. The fraction of sp³-hybridized carbons (Fsp3) is 0.769. The molecule has 1 aliphatic heterocycles. The lowest BCUT2D eigenvalue weighted by Crippen LogP contribution is -2.35. The van der Waals surface area contributed by atoms with E-state index < -0.39 is 0 Å². The highest BCUT2D eigenvalue weighted by molar-refractivity contribution is 6.03. The normalized spacial score (nSPS) is 21.3. The van der Waals surface area contributed by atoms with Gasteiger partial charge < -0.3 is 5.32 Å². The minimum Gasteiger partial charge on any atom is -0.356 e. The van der Waals surface area contributed by atoms with E-state index in [2.05, 4.69) is 19.2 Å². The van der Waals surface area contributed by atoms with Gasteiger partial charge in [0.25, 0.3) is 0 Å². The van der Waals surface area contributed by atoms with Crippen LogP contribution in [0.4, 0.5) is 0 Å². The average Bonchev–Trinajstić information content (AvgIpc) is 2.58. The predicted octanol–water partition coefficient (Wildman–Crippen LogP) is 0.934. The van der Waals surface area contributed by atoms with Crippen LogP contribution in [-0.4, -0.2) is 35.7 Å². The lowest BCUT2D eigenvalue weighted by molar-refractivity contribution is -0.139. The first-order chi connectivity index (χ1) is 8.45. The fourth-order valence-electron chi connectivity index (χ4n) is 1.82. The zero-order chi connectivity index (χ0) is 13.7. The second-order valence-electron chi connectivity index (χ2n) is 5.06. The average molecular weight is 254 g/mol. The summed E-state index contributed by atoms with van der Waals surface area (Å²) < 4.78 is 0. The summed E-state index contributed by atoms with van der Waals surface area (Å²) in [6, 6.07) is 0. The van der Waals surface area contributed by atoms with Crippen molar-refractivity contribution in [3.8, 4) is 0 Å². The topological polar surface area (TPSA) is 66.5 Å². The Balaban J connectivity index is 2.30. The van der Waals surface area contributed by atoms with Gasteiger partial charge in [-0.2, -0.15) is 0 Å². The Hall–Kier alpha value is -1.39. The van der Waals surface area contributed by atoms with E-state index in [4.69, 9.17) is 0 Å². The molecule has 0 spiro atoms. The van der Waals surface area contributed by atoms with Gasteiger partial charge >= 0.3 is 0 Å². The lowest BCUT2D eigenvalue weighted by Gasteiger charge is -2.15. The highest BCUT2D eigenvalue weighted by Crippen LogP contribution is 2.18. The van der Waals surface area contributed by atoms with Gasteiger partial charge in [-0.15, -0.1) is 0 Å². The Labute approximate surface area is 108 Å². The number of amides is 3. The van der Waals surface area contributed by atoms with E-state index in [1.807, 2.05) is 0 Å². The maximum Gasteiger partial charge on any atom is 0.232 e. The van der Waals surface area contributed by atoms with E-state index in [9.17, 15) is 14.4 Å². The number of nitrogens with one attached hydrogen (secondary N) is 1. The molecule has 2 atom stereocenters. The third kappa shape index (κ3) is 3.82. The summed E-state index contributed by atoms with van der Waals surface area (Å²) >= 11 is 0. The molecule has 2 unspecified atom stereocenters. The summed E-state index contributed by atoms with van der Waals surface area (Å²) in [6.45, 7) is 6.72. The largest absolute Gasteiger partial charge is 0.356 e. The quantitative estimate of drug-likeness (QED) is 0.717. The molecule has 0 radical (unpaired) electrons. The first kappa shape index (κ1) is 14.7. The molecule has 0 saturated carbocycles. The van der Waals surface area contributed by atoms with E-state index >= 15 is 0 Å². The lowest BCUT2D eigenvalue weighted by atomic mass is 10.1. The third-order valence-electron chi connectivity index (χ3n) is 3.38. The van der Waals surface area contributed by atoms with Gasteiger partial charge in [0.1, 0.15) is 0 Å². The van der Waals surface area contributed by atoms with Crippen LogP contribution in [0.3, 0.4) is 0 Å². The molecule has 1 saturated heterocycles. The van der Waals surface area contributed by atoms with Crippen LogP contribution in [0, 0.1) is 11.8 Å². The Morgan fingerprint density at radius 2 is 2.17 bits per heavy atom. The van der Waals surface area contributed by atoms with E-state index in [1.54, 1.807) is 6.92 Å². The molecule has 5 heteroatoms. The minimum absolute atomic E-state index is 0.101. The number of imide groups is 1. The Bertz CT molecular complexity index is 341. The summed E-state index contributed by atoms with van der Waals surface area (Å²) in [5.74, 6) is -0.211. The van der Waals surface area contributed by atoms with Crippen molar-refractivity contribution < 1.29 is 14.4 Å². The standard InChI is InChI=1S/C13H22N2O3/c1-4-9(2)8-14-11(16)5-6-15-12(17)7-10(3)13(15)18/h9-10H,4-8H2,1-3H3,(H,14,16). The predicted molar refractivity (Wildman–Crippen MR) is 67.6 cm³/mol. The van der Waals surface area contributed by atoms with Gasteiger partial charge in [0.05, 0.1) is 0 Å². The number of carbonyl (C=O) groups is 3. The maximum atomic E-state index is 11.6. The van der Waals surface area contributed by atoms with Crippen LogP contribution < -0.4 is 5.32 Å². The molecule has 1 rings (SSSR count). The number of likely N-dealkylation sites (tertiary alicyclic amines) is 1. The summed E-state index contributed by atoms with van der Waals surface area (Å²) in [6.07, 6.45) is 1.48. The molecule has 0 aromatic carbocycles. The molecule has 18 heavy (non-hydrogen) atoms. The number of hydrogen-bond donors (Lipinski definition) is 1. The summed E-state index contributed by atoms with van der Waals surface area (Å²) in [5.41, 5.74) is 0. The molecule has 102 valence electrons. The smallest absolute Gasteiger partial charge is 0.232 e. The van der Waals surface area contributed by atoms with Gasteiger partial charge in [-0.3, -0.25) is 19.3 Å². The zero-order valence-corrected chi connectivity index (χ0v) is 11.4. The fourth-order valence-corrected chi connectivity index (χ4v) is 1.82.